The lowest BCUT2D eigenvalue weighted by molar-refractivity contribution is -0.142. The molecule has 4 rings (SSSR count). The van der Waals surface area contributed by atoms with Crippen molar-refractivity contribution in [3.05, 3.63) is 29.3 Å². The van der Waals surface area contributed by atoms with Gasteiger partial charge in [-0.3, -0.25) is 14.5 Å². The lowest BCUT2D eigenvalue weighted by atomic mass is 9.81. The predicted octanol–water partition coefficient (Wildman–Crippen LogP) is 1.87. The number of para-hydroxylation sites is 1. The zero-order valence-corrected chi connectivity index (χ0v) is 12.0. The van der Waals surface area contributed by atoms with Crippen LogP contribution in [0.3, 0.4) is 0 Å². The van der Waals surface area contributed by atoms with Crippen LogP contribution in [-0.2, 0) is 14.3 Å². The van der Waals surface area contributed by atoms with Crippen LogP contribution in [0.25, 0.3) is 0 Å². The zero-order valence-electron chi connectivity index (χ0n) is 11.3. The van der Waals surface area contributed by atoms with E-state index >= 15 is 0 Å². The first-order valence-electron chi connectivity index (χ1n) is 7.16. The van der Waals surface area contributed by atoms with Crippen LogP contribution < -0.4 is 5.32 Å². The first-order valence-corrected chi connectivity index (χ1v) is 7.53. The van der Waals surface area contributed by atoms with Crippen LogP contribution in [0.1, 0.15) is 12.8 Å². The van der Waals surface area contributed by atoms with Crippen molar-refractivity contribution >= 4 is 29.1 Å². The molecule has 6 heteroatoms. The van der Waals surface area contributed by atoms with Gasteiger partial charge in [0, 0.05) is 0 Å². The first-order chi connectivity index (χ1) is 10.2. The second-order valence-corrected chi connectivity index (χ2v) is 6.17. The number of amides is 2. The van der Waals surface area contributed by atoms with Crippen molar-refractivity contribution in [1.82, 2.24) is 4.90 Å². The van der Waals surface area contributed by atoms with Crippen molar-refractivity contribution in [2.45, 2.75) is 25.0 Å². The maximum Gasteiger partial charge on any atom is 0.237 e. The van der Waals surface area contributed by atoms with E-state index in [1.54, 1.807) is 6.07 Å². The zero-order chi connectivity index (χ0) is 14.6. The number of imide groups is 1. The highest BCUT2D eigenvalue weighted by Crippen LogP contribution is 2.48. The Morgan fingerprint density at radius 1 is 1.14 bits per heavy atom. The molecule has 1 aromatic rings. The van der Waals surface area contributed by atoms with E-state index in [-0.39, 0.29) is 42.5 Å². The standard InChI is InChI=1S/C15H15ClN2O3/c16-8-3-1-2-4-9(8)17-7-18-14(19)12-10-5-6-11(21-10)13(12)15(18)20/h1-4,10-13,17H,5-7H2. The highest BCUT2D eigenvalue weighted by atomic mass is 35.5. The number of ether oxygens (including phenoxy) is 1. The number of carbonyl (C=O) groups is 2. The molecule has 1 aromatic carbocycles. The fourth-order valence-electron chi connectivity index (χ4n) is 3.70. The van der Waals surface area contributed by atoms with Crippen molar-refractivity contribution in [2.75, 3.05) is 12.0 Å². The predicted molar refractivity (Wildman–Crippen MR) is 76.7 cm³/mol. The Morgan fingerprint density at radius 3 is 2.38 bits per heavy atom. The Morgan fingerprint density at radius 2 is 1.76 bits per heavy atom. The molecule has 0 aromatic heterocycles. The molecule has 1 N–H and O–H groups in total. The highest BCUT2D eigenvalue weighted by Gasteiger charge is 2.62. The summed E-state index contributed by atoms with van der Waals surface area (Å²) in [5.74, 6) is -0.776. The van der Waals surface area contributed by atoms with Gasteiger partial charge in [-0.15, -0.1) is 0 Å². The Bertz CT molecular complexity index is 593. The Hall–Kier alpha value is -1.59. The summed E-state index contributed by atoms with van der Waals surface area (Å²) in [4.78, 5) is 26.2. The fraction of sp³-hybridized carbons (Fsp3) is 0.467. The average molecular weight is 307 g/mol. The molecule has 2 bridgehead atoms. The van der Waals surface area contributed by atoms with E-state index < -0.39 is 0 Å². The lowest BCUT2D eigenvalue weighted by Gasteiger charge is -2.19. The van der Waals surface area contributed by atoms with Gasteiger partial charge < -0.3 is 10.1 Å². The van der Waals surface area contributed by atoms with Gasteiger partial charge >= 0.3 is 0 Å². The second-order valence-electron chi connectivity index (χ2n) is 5.76. The summed E-state index contributed by atoms with van der Waals surface area (Å²) >= 11 is 6.06. The molecule has 0 saturated carbocycles. The molecule has 3 saturated heterocycles. The molecule has 3 aliphatic rings. The number of halogens is 1. The van der Waals surface area contributed by atoms with Gasteiger partial charge in [0.05, 0.1) is 41.4 Å². The Labute approximate surface area is 127 Å². The number of nitrogens with zero attached hydrogens (tertiary/aromatic N) is 1. The van der Waals surface area contributed by atoms with Gasteiger partial charge in [0.25, 0.3) is 0 Å². The molecule has 0 radical (unpaired) electrons. The number of fused-ring (bicyclic) bond motifs is 5. The minimum atomic E-state index is -0.274. The summed E-state index contributed by atoms with van der Waals surface area (Å²) in [6, 6.07) is 7.27. The summed E-state index contributed by atoms with van der Waals surface area (Å²) in [6.07, 6.45) is 1.64. The van der Waals surface area contributed by atoms with Gasteiger partial charge in [0.2, 0.25) is 11.8 Å². The van der Waals surface area contributed by atoms with Crippen LogP contribution in [0.15, 0.2) is 24.3 Å². The molecule has 0 aliphatic carbocycles. The van der Waals surface area contributed by atoms with Crippen LogP contribution in [0.4, 0.5) is 5.69 Å². The Kier molecular flexibility index (Phi) is 2.94. The number of carbonyl (C=O) groups excluding carboxylic acids is 2. The third-order valence-corrected chi connectivity index (χ3v) is 5.01. The monoisotopic (exact) mass is 306 g/mol. The smallest absolute Gasteiger partial charge is 0.237 e. The summed E-state index contributed by atoms with van der Waals surface area (Å²) < 4.78 is 5.70. The molecule has 3 fully saturated rings. The van der Waals surface area contributed by atoms with Crippen molar-refractivity contribution in [1.29, 1.82) is 0 Å². The summed E-state index contributed by atoms with van der Waals surface area (Å²) in [7, 11) is 0. The van der Waals surface area contributed by atoms with E-state index in [1.165, 1.54) is 4.90 Å². The van der Waals surface area contributed by atoms with E-state index in [9.17, 15) is 9.59 Å². The lowest BCUT2D eigenvalue weighted by Crippen LogP contribution is -2.38. The third kappa shape index (κ3) is 1.88. The van der Waals surface area contributed by atoms with Gasteiger partial charge in [0.15, 0.2) is 0 Å². The van der Waals surface area contributed by atoms with Crippen molar-refractivity contribution in [3.63, 3.8) is 0 Å². The molecular formula is C15H15ClN2O3. The molecule has 4 atom stereocenters. The molecule has 110 valence electrons. The number of benzene rings is 1. The summed E-state index contributed by atoms with van der Waals surface area (Å²) in [5.41, 5.74) is 0.719. The van der Waals surface area contributed by atoms with Crippen LogP contribution in [0.5, 0.6) is 0 Å². The third-order valence-electron chi connectivity index (χ3n) is 4.68. The maximum absolute atomic E-state index is 12.4. The molecule has 21 heavy (non-hydrogen) atoms. The quantitative estimate of drug-likeness (QED) is 0.866. The van der Waals surface area contributed by atoms with E-state index in [2.05, 4.69) is 5.32 Å². The first kappa shape index (κ1) is 13.1. The van der Waals surface area contributed by atoms with Gasteiger partial charge in [-0.1, -0.05) is 23.7 Å². The van der Waals surface area contributed by atoms with E-state index in [0.717, 1.165) is 18.5 Å². The van der Waals surface area contributed by atoms with Gasteiger partial charge in [-0.25, -0.2) is 0 Å². The van der Waals surface area contributed by atoms with Gasteiger partial charge in [-0.2, -0.15) is 0 Å². The molecular weight excluding hydrogens is 292 g/mol. The van der Waals surface area contributed by atoms with E-state index in [1.807, 2.05) is 18.2 Å². The topological polar surface area (TPSA) is 58.6 Å². The maximum atomic E-state index is 12.4. The normalized spacial score (nSPS) is 33.7. The summed E-state index contributed by atoms with van der Waals surface area (Å²) in [6.45, 7) is 0.161. The van der Waals surface area contributed by atoms with E-state index in [4.69, 9.17) is 16.3 Å². The van der Waals surface area contributed by atoms with Crippen molar-refractivity contribution in [2.24, 2.45) is 11.8 Å². The minimum Gasteiger partial charge on any atom is -0.373 e. The molecule has 3 aliphatic heterocycles. The number of hydrogen-bond donors (Lipinski definition) is 1. The molecule has 3 heterocycles. The van der Waals surface area contributed by atoms with Crippen LogP contribution in [-0.4, -0.2) is 35.6 Å². The SMILES string of the molecule is O=C1C2C3CCC(O3)C2C(=O)N1CNc1ccccc1Cl. The van der Waals surface area contributed by atoms with Crippen LogP contribution in [0, 0.1) is 11.8 Å². The molecule has 5 nitrogen and oxygen atoms in total. The van der Waals surface area contributed by atoms with Gasteiger partial charge in [-0.05, 0) is 25.0 Å². The summed E-state index contributed by atoms with van der Waals surface area (Å²) in [5, 5.41) is 3.64. The number of hydrogen-bond acceptors (Lipinski definition) is 4. The Balaban J connectivity index is 1.51. The van der Waals surface area contributed by atoms with Crippen LogP contribution >= 0.6 is 11.6 Å². The minimum absolute atomic E-state index is 0.0678. The number of likely N-dealkylation sites (tertiary alicyclic amines) is 1. The second kappa shape index (κ2) is 4.71. The van der Waals surface area contributed by atoms with Crippen molar-refractivity contribution in [3.8, 4) is 0 Å². The number of anilines is 1. The molecule has 2 amide bonds. The van der Waals surface area contributed by atoms with E-state index in [0.29, 0.717) is 5.02 Å². The van der Waals surface area contributed by atoms with Gasteiger partial charge in [0.1, 0.15) is 0 Å². The molecule has 4 unspecified atom stereocenters. The molecule has 0 spiro atoms. The fourth-order valence-corrected chi connectivity index (χ4v) is 3.90. The average Bonchev–Trinajstić information content (AvgIpc) is 3.14. The highest BCUT2D eigenvalue weighted by molar-refractivity contribution is 6.33. The van der Waals surface area contributed by atoms with Crippen LogP contribution in [0.2, 0.25) is 5.02 Å². The largest absolute Gasteiger partial charge is 0.373 e. The number of nitrogens with one attached hydrogen (secondary N) is 1. The van der Waals surface area contributed by atoms with Crippen molar-refractivity contribution < 1.29 is 14.3 Å². The number of rotatable bonds is 3.